The number of imide groups is 1. The first-order chi connectivity index (χ1) is 15.4. The Hall–Kier alpha value is -3.99. The quantitative estimate of drug-likeness (QED) is 0.384. The Kier molecular flexibility index (Phi) is 7.34. The number of benzene rings is 2. The molecule has 0 aliphatic carbocycles. The van der Waals surface area contributed by atoms with Gasteiger partial charge in [0.25, 0.3) is 17.5 Å². The summed E-state index contributed by atoms with van der Waals surface area (Å²) in [6.45, 7) is 1.13. The van der Waals surface area contributed by atoms with Crippen molar-refractivity contribution >= 4 is 29.2 Å². The first-order valence-electron chi connectivity index (χ1n) is 9.66. The predicted octanol–water partition coefficient (Wildman–Crippen LogP) is 1.55. The van der Waals surface area contributed by atoms with Gasteiger partial charge in [0.2, 0.25) is 0 Å². The number of hydrogen-bond acceptors (Lipinski definition) is 9. The molecule has 11 heteroatoms. The number of nitrogens with zero attached hydrogens (tertiary/aromatic N) is 2. The molecule has 0 spiro atoms. The van der Waals surface area contributed by atoms with Gasteiger partial charge in [-0.1, -0.05) is 12.1 Å². The van der Waals surface area contributed by atoms with Gasteiger partial charge in [-0.15, -0.1) is 0 Å². The van der Waals surface area contributed by atoms with Crippen molar-refractivity contribution in [3.05, 3.63) is 63.7 Å². The van der Waals surface area contributed by atoms with Crippen molar-refractivity contribution in [2.75, 3.05) is 44.9 Å². The molecule has 0 aromatic heterocycles. The Morgan fingerprint density at radius 2 is 1.84 bits per heavy atom. The van der Waals surface area contributed by atoms with E-state index >= 15 is 0 Å². The standard InChI is InChI=1S/C21H21N3O8/c1-30-18-5-3-2-4-15(18)20(26)22-19(25)13-32-21(27)16-12-14(24(28)29)6-7-17(16)23-8-10-31-11-9-23/h2-7,12H,8-11,13H2,1H3,(H,22,25,26). The molecule has 2 aromatic rings. The number of nitro groups is 1. The number of anilines is 1. The van der Waals surface area contributed by atoms with Gasteiger partial charge in [-0.2, -0.15) is 0 Å². The lowest BCUT2D eigenvalue weighted by atomic mass is 10.1. The van der Waals surface area contributed by atoms with Crippen LogP contribution in [0.3, 0.4) is 0 Å². The summed E-state index contributed by atoms with van der Waals surface area (Å²) in [5.41, 5.74) is 0.243. The van der Waals surface area contributed by atoms with Crippen LogP contribution in [0.1, 0.15) is 20.7 Å². The summed E-state index contributed by atoms with van der Waals surface area (Å²) in [7, 11) is 1.39. The van der Waals surface area contributed by atoms with Crippen LogP contribution in [0.2, 0.25) is 0 Å². The fourth-order valence-corrected chi connectivity index (χ4v) is 3.15. The molecule has 168 valence electrons. The van der Waals surface area contributed by atoms with E-state index in [2.05, 4.69) is 5.32 Å². The molecule has 1 aliphatic rings. The molecule has 3 rings (SSSR count). The fourth-order valence-electron chi connectivity index (χ4n) is 3.15. The maximum atomic E-state index is 12.7. The molecular formula is C21H21N3O8. The highest BCUT2D eigenvalue weighted by molar-refractivity contribution is 6.07. The molecule has 1 saturated heterocycles. The van der Waals surface area contributed by atoms with Gasteiger partial charge in [0.05, 0.1) is 42.1 Å². The van der Waals surface area contributed by atoms with E-state index < -0.39 is 29.3 Å². The Labute approximate surface area is 183 Å². The molecule has 2 aromatic carbocycles. The Balaban J connectivity index is 1.69. The van der Waals surface area contributed by atoms with Gasteiger partial charge >= 0.3 is 5.97 Å². The highest BCUT2D eigenvalue weighted by Crippen LogP contribution is 2.27. The zero-order chi connectivity index (χ0) is 23.1. The molecule has 0 unspecified atom stereocenters. The van der Waals surface area contributed by atoms with E-state index in [-0.39, 0.29) is 22.6 Å². The Morgan fingerprint density at radius 3 is 2.53 bits per heavy atom. The lowest BCUT2D eigenvalue weighted by Gasteiger charge is -2.30. The highest BCUT2D eigenvalue weighted by Gasteiger charge is 2.24. The minimum atomic E-state index is -0.921. The van der Waals surface area contributed by atoms with E-state index in [4.69, 9.17) is 14.2 Å². The number of para-hydroxylation sites is 1. The largest absolute Gasteiger partial charge is 0.496 e. The maximum absolute atomic E-state index is 12.7. The van der Waals surface area contributed by atoms with Gasteiger partial charge in [0.15, 0.2) is 6.61 Å². The molecule has 0 radical (unpaired) electrons. The number of methoxy groups -OCH3 is 1. The summed E-state index contributed by atoms with van der Waals surface area (Å²) >= 11 is 0. The van der Waals surface area contributed by atoms with Crippen molar-refractivity contribution < 1.29 is 33.5 Å². The number of morpholine rings is 1. The number of ether oxygens (including phenoxy) is 3. The lowest BCUT2D eigenvalue weighted by Crippen LogP contribution is -2.37. The van der Waals surface area contributed by atoms with Crippen molar-refractivity contribution in [2.24, 2.45) is 0 Å². The molecule has 0 bridgehead atoms. The number of nitro benzene ring substituents is 1. The second-order valence-corrected chi connectivity index (χ2v) is 6.71. The van der Waals surface area contributed by atoms with Crippen LogP contribution in [0.15, 0.2) is 42.5 Å². The van der Waals surface area contributed by atoms with Crippen LogP contribution in [0.25, 0.3) is 0 Å². The third-order valence-electron chi connectivity index (χ3n) is 4.70. The molecule has 0 saturated carbocycles. The number of rotatable bonds is 7. The summed E-state index contributed by atoms with van der Waals surface area (Å²) in [4.78, 5) is 49.4. The minimum Gasteiger partial charge on any atom is -0.496 e. The first-order valence-corrected chi connectivity index (χ1v) is 9.66. The molecule has 2 amide bonds. The summed E-state index contributed by atoms with van der Waals surface area (Å²) in [5, 5.41) is 13.3. The zero-order valence-corrected chi connectivity index (χ0v) is 17.2. The number of esters is 1. The van der Waals surface area contributed by atoms with Gasteiger partial charge in [-0.3, -0.25) is 25.0 Å². The van der Waals surface area contributed by atoms with Crippen LogP contribution in [0, 0.1) is 10.1 Å². The third-order valence-corrected chi connectivity index (χ3v) is 4.70. The number of nitrogens with one attached hydrogen (secondary N) is 1. The SMILES string of the molecule is COc1ccccc1C(=O)NC(=O)COC(=O)c1cc([N+](=O)[O-])ccc1N1CCOCC1. The van der Waals surface area contributed by atoms with Crippen LogP contribution in [0.4, 0.5) is 11.4 Å². The van der Waals surface area contributed by atoms with E-state index in [9.17, 15) is 24.5 Å². The molecule has 11 nitrogen and oxygen atoms in total. The molecule has 1 N–H and O–H groups in total. The second-order valence-electron chi connectivity index (χ2n) is 6.71. The van der Waals surface area contributed by atoms with Crippen LogP contribution in [-0.4, -0.2) is 62.7 Å². The van der Waals surface area contributed by atoms with Gasteiger partial charge < -0.3 is 19.1 Å². The summed E-state index contributed by atoms with van der Waals surface area (Å²) in [6, 6.07) is 10.2. The van der Waals surface area contributed by atoms with Gasteiger partial charge in [0.1, 0.15) is 5.75 Å². The van der Waals surface area contributed by atoms with Gasteiger partial charge in [-0.25, -0.2) is 4.79 Å². The molecular weight excluding hydrogens is 422 g/mol. The Bertz CT molecular complexity index is 1030. The molecule has 1 heterocycles. The van der Waals surface area contributed by atoms with E-state index in [1.54, 1.807) is 18.2 Å². The number of hydrogen-bond donors (Lipinski definition) is 1. The average Bonchev–Trinajstić information content (AvgIpc) is 2.82. The van der Waals surface area contributed by atoms with Gasteiger partial charge in [-0.05, 0) is 18.2 Å². The highest BCUT2D eigenvalue weighted by atomic mass is 16.6. The van der Waals surface area contributed by atoms with Crippen molar-refractivity contribution in [3.63, 3.8) is 0 Å². The molecule has 0 atom stereocenters. The predicted molar refractivity (Wildman–Crippen MR) is 112 cm³/mol. The van der Waals surface area contributed by atoms with Crippen molar-refractivity contribution in [2.45, 2.75) is 0 Å². The third kappa shape index (κ3) is 5.38. The smallest absolute Gasteiger partial charge is 0.341 e. The molecule has 1 fully saturated rings. The fraction of sp³-hybridized carbons (Fsp3) is 0.286. The molecule has 1 aliphatic heterocycles. The Morgan fingerprint density at radius 1 is 1.12 bits per heavy atom. The van der Waals surface area contributed by atoms with Crippen molar-refractivity contribution in [1.29, 1.82) is 0 Å². The van der Waals surface area contributed by atoms with Crippen LogP contribution in [-0.2, 0) is 14.3 Å². The van der Waals surface area contributed by atoms with Crippen LogP contribution in [0.5, 0.6) is 5.75 Å². The van der Waals surface area contributed by atoms with Crippen molar-refractivity contribution in [1.82, 2.24) is 5.32 Å². The van der Waals surface area contributed by atoms with Crippen molar-refractivity contribution in [3.8, 4) is 5.75 Å². The van der Waals surface area contributed by atoms with E-state index in [1.165, 1.54) is 25.3 Å². The molecule has 32 heavy (non-hydrogen) atoms. The van der Waals surface area contributed by atoms with E-state index in [0.717, 1.165) is 6.07 Å². The van der Waals surface area contributed by atoms with Crippen LogP contribution >= 0.6 is 0 Å². The first kappa shape index (κ1) is 22.7. The number of carbonyl (C=O) groups excluding carboxylic acids is 3. The summed E-state index contributed by atoms with van der Waals surface area (Å²) < 4.78 is 15.4. The number of carbonyl (C=O) groups is 3. The minimum absolute atomic E-state index is 0.0510. The maximum Gasteiger partial charge on any atom is 0.341 e. The topological polar surface area (TPSA) is 137 Å². The monoisotopic (exact) mass is 443 g/mol. The van der Waals surface area contributed by atoms with E-state index in [1.807, 2.05) is 4.90 Å². The van der Waals surface area contributed by atoms with Gasteiger partial charge in [0, 0.05) is 25.2 Å². The second kappa shape index (κ2) is 10.4. The zero-order valence-electron chi connectivity index (χ0n) is 17.2. The number of amides is 2. The average molecular weight is 443 g/mol. The lowest BCUT2D eigenvalue weighted by molar-refractivity contribution is -0.384. The summed E-state index contributed by atoms with van der Waals surface area (Å²) in [6.07, 6.45) is 0. The number of non-ortho nitro benzene ring substituents is 1. The van der Waals surface area contributed by atoms with Crippen LogP contribution < -0.4 is 15.0 Å². The normalized spacial score (nSPS) is 13.2. The summed E-state index contributed by atoms with van der Waals surface area (Å²) in [5.74, 6) is -2.21. The van der Waals surface area contributed by atoms with E-state index in [0.29, 0.717) is 32.0 Å².